The summed E-state index contributed by atoms with van der Waals surface area (Å²) >= 11 is 0. The molecule has 0 fully saturated rings. The molecule has 4 rings (SSSR count). The molecule has 10 heteroatoms. The average Bonchev–Trinajstić information content (AvgIpc) is 3.31. The van der Waals surface area contributed by atoms with Crippen LogP contribution in [0, 0.1) is 18.3 Å². The predicted molar refractivity (Wildman–Crippen MR) is 102 cm³/mol. The number of aryl methyl sites for hydroxylation is 1. The molecule has 2 heterocycles. The normalized spacial score (nSPS) is 12.3. The lowest BCUT2D eigenvalue weighted by molar-refractivity contribution is -0.138. The van der Waals surface area contributed by atoms with E-state index in [1.807, 2.05) is 0 Å². The summed E-state index contributed by atoms with van der Waals surface area (Å²) in [6.07, 6.45) is -9.23. The van der Waals surface area contributed by atoms with Gasteiger partial charge in [-0.25, -0.2) is 0 Å². The number of fused-ring (bicyclic) bond motifs is 1. The fourth-order valence-corrected chi connectivity index (χ4v) is 3.61. The van der Waals surface area contributed by atoms with E-state index in [4.69, 9.17) is 9.78 Å². The van der Waals surface area contributed by atoms with E-state index in [1.54, 1.807) is 17.6 Å². The molecule has 4 nitrogen and oxygen atoms in total. The third kappa shape index (κ3) is 3.82. The van der Waals surface area contributed by atoms with Crippen LogP contribution >= 0.6 is 0 Å². The van der Waals surface area contributed by atoms with Gasteiger partial charge in [-0.1, -0.05) is 17.3 Å². The second kappa shape index (κ2) is 7.44. The van der Waals surface area contributed by atoms with Gasteiger partial charge in [-0.2, -0.15) is 31.6 Å². The molecule has 0 amide bonds. The maximum atomic E-state index is 13.6. The molecule has 2 aromatic heterocycles. The fraction of sp³-hybridized carbons (Fsp3) is 0.182. The van der Waals surface area contributed by atoms with Gasteiger partial charge >= 0.3 is 12.4 Å². The number of hydrogen-bond acceptors (Lipinski definition) is 3. The Bertz CT molecular complexity index is 1350. The van der Waals surface area contributed by atoms with Crippen molar-refractivity contribution in [2.45, 2.75) is 25.8 Å². The first-order valence-corrected chi connectivity index (χ1v) is 9.22. The molecule has 2 aromatic carbocycles. The Morgan fingerprint density at radius 1 is 1.00 bits per heavy atom. The highest BCUT2D eigenvalue weighted by Crippen LogP contribution is 2.39. The van der Waals surface area contributed by atoms with Crippen LogP contribution in [0.5, 0.6) is 0 Å². The molecule has 0 saturated heterocycles. The van der Waals surface area contributed by atoms with Crippen molar-refractivity contribution < 1.29 is 30.9 Å². The Hall–Kier alpha value is -3.74. The van der Waals surface area contributed by atoms with E-state index >= 15 is 0 Å². The molecule has 0 atom stereocenters. The molecule has 0 bridgehead atoms. The van der Waals surface area contributed by atoms with Crippen molar-refractivity contribution in [1.82, 2.24) is 9.72 Å². The highest BCUT2D eigenvalue weighted by Gasteiger charge is 2.36. The lowest BCUT2D eigenvalue weighted by Crippen LogP contribution is -2.09. The zero-order chi connectivity index (χ0) is 23.3. The van der Waals surface area contributed by atoms with Gasteiger partial charge in [0.2, 0.25) is 0 Å². The molecule has 0 aliphatic heterocycles. The van der Waals surface area contributed by atoms with Crippen LogP contribution in [0.25, 0.3) is 22.2 Å². The van der Waals surface area contributed by atoms with Crippen LogP contribution in [0.2, 0.25) is 0 Å². The average molecular weight is 449 g/mol. The minimum atomic E-state index is -4.71. The quantitative estimate of drug-likeness (QED) is 0.333. The molecule has 0 radical (unpaired) electrons. The van der Waals surface area contributed by atoms with Gasteiger partial charge in [-0.05, 0) is 37.3 Å². The Morgan fingerprint density at radius 3 is 2.41 bits per heavy atom. The Balaban J connectivity index is 1.73. The number of benzene rings is 2. The minimum absolute atomic E-state index is 0.0288. The predicted octanol–water partition coefficient (Wildman–Crippen LogP) is 6.56. The Labute approximate surface area is 177 Å². The first-order chi connectivity index (χ1) is 15.0. The first-order valence-electron chi connectivity index (χ1n) is 9.22. The van der Waals surface area contributed by atoms with Crippen molar-refractivity contribution >= 4 is 10.9 Å². The molecule has 32 heavy (non-hydrogen) atoms. The fourth-order valence-electron chi connectivity index (χ4n) is 3.61. The van der Waals surface area contributed by atoms with Gasteiger partial charge < -0.3 is 9.09 Å². The van der Waals surface area contributed by atoms with Crippen LogP contribution in [0.3, 0.4) is 0 Å². The lowest BCUT2D eigenvalue weighted by atomic mass is 10.0. The molecule has 0 saturated carbocycles. The molecule has 0 aliphatic carbocycles. The highest BCUT2D eigenvalue weighted by atomic mass is 19.4. The summed E-state index contributed by atoms with van der Waals surface area (Å²) in [5.41, 5.74) is -1.10. The molecule has 0 aliphatic rings. The van der Waals surface area contributed by atoms with Gasteiger partial charge in [0.25, 0.3) is 0 Å². The zero-order valence-corrected chi connectivity index (χ0v) is 16.3. The van der Waals surface area contributed by atoms with E-state index in [2.05, 4.69) is 5.16 Å². The SMILES string of the molecule is Cc1cc2c(C(F)(F)F)c(C#N)ccc2n1Cc1cc(-c2cccc(C(F)(F)F)c2)on1. The van der Waals surface area contributed by atoms with E-state index < -0.39 is 29.0 Å². The smallest absolute Gasteiger partial charge is 0.356 e. The molecule has 0 N–H and O–H groups in total. The number of hydrogen-bond donors (Lipinski definition) is 0. The number of rotatable bonds is 3. The van der Waals surface area contributed by atoms with Crippen molar-refractivity contribution in [2.75, 3.05) is 0 Å². The summed E-state index contributed by atoms with van der Waals surface area (Å²) in [5.74, 6) is 0.1000. The standard InChI is InChI=1S/C22H13F6N3O/c1-12-7-17-18(6-5-14(10-29)20(17)22(26,27)28)31(12)11-16-9-19(32-30-16)13-3-2-4-15(8-13)21(23,24)25/h2-9H,11H2,1H3. The lowest BCUT2D eigenvalue weighted by Gasteiger charge is -2.11. The third-order valence-electron chi connectivity index (χ3n) is 5.05. The van der Waals surface area contributed by atoms with Crippen molar-refractivity contribution in [2.24, 2.45) is 0 Å². The summed E-state index contributed by atoms with van der Waals surface area (Å²) < 4.78 is 86.3. The zero-order valence-electron chi connectivity index (χ0n) is 16.3. The Kier molecular flexibility index (Phi) is 5.00. The van der Waals surface area contributed by atoms with Gasteiger partial charge in [-0.15, -0.1) is 0 Å². The van der Waals surface area contributed by atoms with E-state index in [9.17, 15) is 26.3 Å². The van der Waals surface area contributed by atoms with Gasteiger partial charge in [0, 0.05) is 28.2 Å². The molecule has 0 unspecified atom stereocenters. The maximum absolute atomic E-state index is 13.6. The molecular weight excluding hydrogens is 436 g/mol. The molecule has 4 aromatic rings. The largest absolute Gasteiger partial charge is 0.418 e. The van der Waals surface area contributed by atoms with Crippen molar-refractivity contribution in [3.8, 4) is 17.4 Å². The van der Waals surface area contributed by atoms with Crippen molar-refractivity contribution in [3.63, 3.8) is 0 Å². The first kappa shape index (κ1) is 21.5. The van der Waals surface area contributed by atoms with Crippen molar-refractivity contribution in [1.29, 1.82) is 5.26 Å². The van der Waals surface area contributed by atoms with Crippen LogP contribution in [-0.2, 0) is 18.9 Å². The highest BCUT2D eigenvalue weighted by molar-refractivity contribution is 5.87. The number of alkyl halides is 6. The van der Waals surface area contributed by atoms with Gasteiger partial charge in [0.05, 0.1) is 29.3 Å². The molecule has 0 spiro atoms. The van der Waals surface area contributed by atoms with E-state index in [0.717, 1.165) is 18.2 Å². The topological polar surface area (TPSA) is 54.8 Å². The van der Waals surface area contributed by atoms with Crippen LogP contribution in [0.15, 0.2) is 53.1 Å². The number of halogens is 6. The molecule has 164 valence electrons. The number of nitrogens with zero attached hydrogens (tertiary/aromatic N) is 3. The van der Waals surface area contributed by atoms with E-state index in [1.165, 1.54) is 30.3 Å². The van der Waals surface area contributed by atoms with Gasteiger partial charge in [0.15, 0.2) is 5.76 Å². The van der Waals surface area contributed by atoms with E-state index in [-0.39, 0.29) is 28.8 Å². The van der Waals surface area contributed by atoms with E-state index in [0.29, 0.717) is 11.4 Å². The summed E-state index contributed by atoms with van der Waals surface area (Å²) in [6, 6.07) is 11.4. The van der Waals surface area contributed by atoms with Crippen LogP contribution in [0.4, 0.5) is 26.3 Å². The maximum Gasteiger partial charge on any atom is 0.418 e. The second-order valence-electron chi connectivity index (χ2n) is 7.16. The molecular formula is C22H13F6N3O. The summed E-state index contributed by atoms with van der Waals surface area (Å²) in [7, 11) is 0. The summed E-state index contributed by atoms with van der Waals surface area (Å²) in [6.45, 7) is 1.64. The van der Waals surface area contributed by atoms with Crippen LogP contribution < -0.4 is 0 Å². The Morgan fingerprint density at radius 2 is 1.75 bits per heavy atom. The number of aromatic nitrogens is 2. The summed E-state index contributed by atoms with van der Waals surface area (Å²) in [4.78, 5) is 0. The van der Waals surface area contributed by atoms with Gasteiger partial charge in [0.1, 0.15) is 5.69 Å². The number of nitriles is 1. The van der Waals surface area contributed by atoms with Crippen molar-refractivity contribution in [3.05, 3.63) is 76.6 Å². The monoisotopic (exact) mass is 449 g/mol. The van der Waals surface area contributed by atoms with Crippen LogP contribution in [0.1, 0.15) is 28.1 Å². The van der Waals surface area contributed by atoms with Crippen LogP contribution in [-0.4, -0.2) is 9.72 Å². The summed E-state index contributed by atoms with van der Waals surface area (Å²) in [5, 5.41) is 12.8. The minimum Gasteiger partial charge on any atom is -0.356 e. The second-order valence-corrected chi connectivity index (χ2v) is 7.16. The van der Waals surface area contributed by atoms with Gasteiger partial charge in [-0.3, -0.25) is 0 Å². The third-order valence-corrected chi connectivity index (χ3v) is 5.05.